The summed E-state index contributed by atoms with van der Waals surface area (Å²) in [7, 11) is 0. The van der Waals surface area contributed by atoms with E-state index in [0.29, 0.717) is 17.2 Å². The summed E-state index contributed by atoms with van der Waals surface area (Å²) in [5, 5.41) is 20.6. The third kappa shape index (κ3) is 5.72. The maximum absolute atomic E-state index is 11.7. The summed E-state index contributed by atoms with van der Waals surface area (Å²) >= 11 is 0. The van der Waals surface area contributed by atoms with E-state index in [4.69, 9.17) is 10.00 Å². The van der Waals surface area contributed by atoms with Crippen LogP contribution in [0.3, 0.4) is 0 Å². The highest BCUT2D eigenvalue weighted by Crippen LogP contribution is 2.11. The normalized spacial score (nSPS) is 11.8. The number of nitrogens with one attached hydrogen (secondary N) is 1. The molecule has 0 radical (unpaired) electrons. The quantitative estimate of drug-likeness (QED) is 0.790. The zero-order valence-electron chi connectivity index (χ0n) is 11.8. The molecular weight excluding hydrogens is 256 g/mol. The lowest BCUT2D eigenvalue weighted by molar-refractivity contribution is -0.124. The van der Waals surface area contributed by atoms with Gasteiger partial charge in [-0.1, -0.05) is 13.8 Å². The van der Waals surface area contributed by atoms with Gasteiger partial charge < -0.3 is 15.2 Å². The van der Waals surface area contributed by atoms with Crippen LogP contribution < -0.4 is 10.1 Å². The number of aliphatic hydroxyl groups excluding tert-OH is 1. The average Bonchev–Trinajstić information content (AvgIpc) is 2.44. The molecule has 1 aromatic carbocycles. The molecule has 2 N–H and O–H groups in total. The highest BCUT2D eigenvalue weighted by Gasteiger charge is 2.13. The summed E-state index contributed by atoms with van der Waals surface area (Å²) in [6.07, 6.45) is 0.721. The van der Waals surface area contributed by atoms with Crippen LogP contribution >= 0.6 is 0 Å². The third-order valence-corrected chi connectivity index (χ3v) is 2.69. The number of rotatable bonds is 7. The Balaban J connectivity index is 2.40. The van der Waals surface area contributed by atoms with Crippen molar-refractivity contribution in [3.8, 4) is 11.8 Å². The van der Waals surface area contributed by atoms with Crippen LogP contribution in [0.1, 0.15) is 25.8 Å². The predicted molar refractivity (Wildman–Crippen MR) is 75.1 cm³/mol. The summed E-state index contributed by atoms with van der Waals surface area (Å²) < 4.78 is 5.31. The highest BCUT2D eigenvalue weighted by atomic mass is 16.5. The number of ether oxygens (including phenoxy) is 1. The van der Waals surface area contributed by atoms with Crippen molar-refractivity contribution in [2.45, 2.75) is 26.3 Å². The molecule has 1 unspecified atom stereocenters. The molecular formula is C15H20N2O3. The first-order valence-corrected chi connectivity index (χ1v) is 6.58. The molecule has 1 amide bonds. The molecule has 108 valence electrons. The van der Waals surface area contributed by atoms with Crippen molar-refractivity contribution >= 4 is 5.91 Å². The van der Waals surface area contributed by atoms with Gasteiger partial charge in [0.2, 0.25) is 0 Å². The van der Waals surface area contributed by atoms with Gasteiger partial charge in [0.1, 0.15) is 5.75 Å². The van der Waals surface area contributed by atoms with Crippen LogP contribution in [0.4, 0.5) is 0 Å². The highest BCUT2D eigenvalue weighted by molar-refractivity contribution is 5.77. The average molecular weight is 276 g/mol. The van der Waals surface area contributed by atoms with Crippen LogP contribution in [-0.2, 0) is 4.79 Å². The fourth-order valence-electron chi connectivity index (χ4n) is 1.79. The Kier molecular flexibility index (Phi) is 6.54. The van der Waals surface area contributed by atoms with Crippen molar-refractivity contribution in [3.05, 3.63) is 29.8 Å². The number of hydrogen-bond acceptors (Lipinski definition) is 4. The van der Waals surface area contributed by atoms with Gasteiger partial charge in [0.05, 0.1) is 24.3 Å². The predicted octanol–water partition coefficient (Wildman–Crippen LogP) is 1.46. The van der Waals surface area contributed by atoms with Crippen molar-refractivity contribution in [2.75, 3.05) is 13.2 Å². The van der Waals surface area contributed by atoms with E-state index in [1.165, 1.54) is 0 Å². The molecule has 0 aliphatic heterocycles. The topological polar surface area (TPSA) is 82.3 Å². The van der Waals surface area contributed by atoms with Crippen LogP contribution in [0, 0.1) is 17.2 Å². The van der Waals surface area contributed by atoms with Gasteiger partial charge in [-0.25, -0.2) is 0 Å². The summed E-state index contributed by atoms with van der Waals surface area (Å²) in [6.45, 7) is 3.87. The lowest BCUT2D eigenvalue weighted by Gasteiger charge is -2.18. The SMILES string of the molecule is CC(C)CC(CO)NC(=O)COc1ccc(C#N)cc1. The van der Waals surface area contributed by atoms with Crippen molar-refractivity contribution in [1.82, 2.24) is 5.32 Å². The van der Waals surface area contributed by atoms with Gasteiger partial charge in [-0.15, -0.1) is 0 Å². The Morgan fingerprint density at radius 2 is 2.05 bits per heavy atom. The minimum Gasteiger partial charge on any atom is -0.484 e. The molecule has 1 rings (SSSR count). The van der Waals surface area contributed by atoms with E-state index < -0.39 is 0 Å². The standard InChI is InChI=1S/C15H20N2O3/c1-11(2)7-13(9-18)17-15(19)10-20-14-5-3-12(8-16)4-6-14/h3-6,11,13,18H,7,9-10H2,1-2H3,(H,17,19). The van der Waals surface area contributed by atoms with Crippen LogP contribution in [0.5, 0.6) is 5.75 Å². The number of amides is 1. The van der Waals surface area contributed by atoms with E-state index in [2.05, 4.69) is 5.32 Å². The van der Waals surface area contributed by atoms with Gasteiger partial charge in [0.15, 0.2) is 6.61 Å². The number of benzene rings is 1. The molecule has 0 bridgehead atoms. The molecule has 20 heavy (non-hydrogen) atoms. The van der Waals surface area contributed by atoms with Crippen molar-refractivity contribution in [3.63, 3.8) is 0 Å². The Bertz CT molecular complexity index is 463. The van der Waals surface area contributed by atoms with Crippen molar-refractivity contribution < 1.29 is 14.6 Å². The molecule has 0 saturated carbocycles. The van der Waals surface area contributed by atoms with E-state index in [-0.39, 0.29) is 25.2 Å². The molecule has 0 fully saturated rings. The fourth-order valence-corrected chi connectivity index (χ4v) is 1.79. The Hall–Kier alpha value is -2.06. The molecule has 0 heterocycles. The Labute approximate surface area is 119 Å². The number of carbonyl (C=O) groups is 1. The van der Waals surface area contributed by atoms with Gasteiger partial charge in [-0.2, -0.15) is 5.26 Å². The van der Waals surface area contributed by atoms with Crippen LogP contribution in [0.15, 0.2) is 24.3 Å². The lowest BCUT2D eigenvalue weighted by atomic mass is 10.0. The van der Waals surface area contributed by atoms with E-state index in [9.17, 15) is 9.90 Å². The summed E-state index contributed by atoms with van der Waals surface area (Å²) in [5.41, 5.74) is 0.541. The smallest absolute Gasteiger partial charge is 0.258 e. The minimum atomic E-state index is -0.269. The second-order valence-corrected chi connectivity index (χ2v) is 5.00. The van der Waals surface area contributed by atoms with Crippen LogP contribution in [0.2, 0.25) is 0 Å². The Morgan fingerprint density at radius 1 is 1.40 bits per heavy atom. The maximum Gasteiger partial charge on any atom is 0.258 e. The second-order valence-electron chi connectivity index (χ2n) is 5.00. The lowest BCUT2D eigenvalue weighted by Crippen LogP contribution is -2.40. The fraction of sp³-hybridized carbons (Fsp3) is 0.467. The zero-order chi connectivity index (χ0) is 15.0. The molecule has 0 spiro atoms. The molecule has 0 aliphatic rings. The number of carbonyl (C=O) groups excluding carboxylic acids is 1. The van der Waals surface area contributed by atoms with Crippen molar-refractivity contribution in [2.24, 2.45) is 5.92 Å². The minimum absolute atomic E-state index is 0.0826. The monoisotopic (exact) mass is 276 g/mol. The number of nitriles is 1. The van der Waals surface area contributed by atoms with E-state index in [1.54, 1.807) is 24.3 Å². The summed E-state index contributed by atoms with van der Waals surface area (Å²) in [5.74, 6) is 0.657. The van der Waals surface area contributed by atoms with E-state index in [1.807, 2.05) is 19.9 Å². The zero-order valence-corrected chi connectivity index (χ0v) is 11.8. The van der Waals surface area contributed by atoms with Gasteiger partial charge >= 0.3 is 0 Å². The molecule has 5 heteroatoms. The first kappa shape index (κ1) is 16.0. The Morgan fingerprint density at radius 3 is 2.55 bits per heavy atom. The number of nitrogens with zero attached hydrogens (tertiary/aromatic N) is 1. The maximum atomic E-state index is 11.7. The van der Waals surface area contributed by atoms with Gasteiger partial charge in [0, 0.05) is 0 Å². The summed E-state index contributed by atoms with van der Waals surface area (Å²) in [4.78, 5) is 11.7. The molecule has 0 aromatic heterocycles. The molecule has 1 atom stereocenters. The van der Waals surface area contributed by atoms with Crippen LogP contribution in [0.25, 0.3) is 0 Å². The third-order valence-electron chi connectivity index (χ3n) is 2.69. The first-order chi connectivity index (χ1) is 9.55. The first-order valence-electron chi connectivity index (χ1n) is 6.58. The van der Waals surface area contributed by atoms with E-state index >= 15 is 0 Å². The number of aliphatic hydroxyl groups is 1. The largest absolute Gasteiger partial charge is 0.484 e. The van der Waals surface area contributed by atoms with Gasteiger partial charge in [-0.3, -0.25) is 4.79 Å². The molecule has 1 aromatic rings. The molecule has 5 nitrogen and oxygen atoms in total. The van der Waals surface area contributed by atoms with Gasteiger partial charge in [0.25, 0.3) is 5.91 Å². The second kappa shape index (κ2) is 8.18. The van der Waals surface area contributed by atoms with E-state index in [0.717, 1.165) is 6.42 Å². The van der Waals surface area contributed by atoms with Crippen molar-refractivity contribution in [1.29, 1.82) is 5.26 Å². The molecule has 0 saturated heterocycles. The number of hydrogen-bond donors (Lipinski definition) is 2. The molecule has 0 aliphatic carbocycles. The van der Waals surface area contributed by atoms with Gasteiger partial charge in [-0.05, 0) is 36.6 Å². The summed E-state index contributed by atoms with van der Waals surface area (Å²) in [6, 6.07) is 8.30. The van der Waals surface area contributed by atoms with Crippen LogP contribution in [-0.4, -0.2) is 30.3 Å².